The number of carbonyl (C=O) groups excluding carboxylic acids is 1. The number of nitrogens with one attached hydrogen (secondary N) is 1. The molecule has 1 fully saturated rings. The minimum Gasteiger partial charge on any atom is -0.333 e. The molecule has 1 heterocycles. The summed E-state index contributed by atoms with van der Waals surface area (Å²) in [7, 11) is 0. The van der Waals surface area contributed by atoms with Crippen molar-refractivity contribution in [1.82, 2.24) is 10.2 Å². The third-order valence-electron chi connectivity index (χ3n) is 3.16. The second-order valence-corrected chi connectivity index (χ2v) is 4.79. The molecule has 92 valence electrons. The topological polar surface area (TPSA) is 32.3 Å². The van der Waals surface area contributed by atoms with Crippen LogP contribution in [-0.2, 0) is 0 Å². The fourth-order valence-electron chi connectivity index (χ4n) is 2.01. The van der Waals surface area contributed by atoms with Crippen molar-refractivity contribution >= 4 is 17.5 Å². The van der Waals surface area contributed by atoms with Gasteiger partial charge >= 0.3 is 0 Å². The van der Waals surface area contributed by atoms with Gasteiger partial charge in [-0.25, -0.2) is 0 Å². The number of carbonyl (C=O) groups is 1. The highest BCUT2D eigenvalue weighted by molar-refractivity contribution is 6.33. The van der Waals surface area contributed by atoms with Crippen molar-refractivity contribution in [3.63, 3.8) is 0 Å². The van der Waals surface area contributed by atoms with E-state index in [1.165, 1.54) is 0 Å². The van der Waals surface area contributed by atoms with Crippen LogP contribution in [0.25, 0.3) is 0 Å². The fraction of sp³-hybridized carbons (Fsp3) is 0.462. The van der Waals surface area contributed by atoms with Gasteiger partial charge in [0, 0.05) is 19.6 Å². The number of rotatable bonds is 3. The standard InChI is InChI=1S/C13H17ClN2O/c1-3-16(10-7-15-8-10)13(17)11-5-4-9(2)6-12(11)14/h4-6,10,15H,3,7-8H2,1-2H3. The lowest BCUT2D eigenvalue weighted by Gasteiger charge is -2.37. The minimum atomic E-state index is 0.0315. The van der Waals surface area contributed by atoms with Crippen molar-refractivity contribution in [1.29, 1.82) is 0 Å². The Morgan fingerprint density at radius 2 is 2.24 bits per heavy atom. The van der Waals surface area contributed by atoms with Gasteiger partial charge in [0.25, 0.3) is 5.91 Å². The lowest BCUT2D eigenvalue weighted by molar-refractivity contribution is 0.0630. The molecule has 0 atom stereocenters. The summed E-state index contributed by atoms with van der Waals surface area (Å²) in [5.74, 6) is 0.0315. The van der Waals surface area contributed by atoms with Crippen LogP contribution in [0.2, 0.25) is 5.02 Å². The van der Waals surface area contributed by atoms with Gasteiger partial charge in [-0.1, -0.05) is 17.7 Å². The second-order valence-electron chi connectivity index (χ2n) is 4.39. The molecule has 1 aliphatic heterocycles. The van der Waals surface area contributed by atoms with E-state index in [0.29, 0.717) is 16.6 Å². The third-order valence-corrected chi connectivity index (χ3v) is 3.47. The number of hydrogen-bond donors (Lipinski definition) is 1. The molecule has 1 amide bonds. The summed E-state index contributed by atoms with van der Waals surface area (Å²) in [4.78, 5) is 14.2. The highest BCUT2D eigenvalue weighted by Gasteiger charge is 2.28. The van der Waals surface area contributed by atoms with E-state index in [1.807, 2.05) is 36.9 Å². The van der Waals surface area contributed by atoms with Crippen LogP contribution >= 0.6 is 11.6 Å². The zero-order valence-corrected chi connectivity index (χ0v) is 10.9. The zero-order chi connectivity index (χ0) is 12.4. The highest BCUT2D eigenvalue weighted by Crippen LogP contribution is 2.21. The average molecular weight is 253 g/mol. The van der Waals surface area contributed by atoms with E-state index in [9.17, 15) is 4.79 Å². The fourth-order valence-corrected chi connectivity index (χ4v) is 2.33. The van der Waals surface area contributed by atoms with Gasteiger partial charge in [0.15, 0.2) is 0 Å². The number of likely N-dealkylation sites (N-methyl/N-ethyl adjacent to an activating group) is 1. The number of nitrogens with zero attached hydrogens (tertiary/aromatic N) is 1. The Labute approximate surface area is 107 Å². The van der Waals surface area contributed by atoms with Gasteiger partial charge in [-0.15, -0.1) is 0 Å². The van der Waals surface area contributed by atoms with Crippen molar-refractivity contribution in [3.8, 4) is 0 Å². The molecule has 1 aromatic carbocycles. The van der Waals surface area contributed by atoms with Gasteiger partial charge in [-0.2, -0.15) is 0 Å². The average Bonchev–Trinajstić information content (AvgIpc) is 2.22. The van der Waals surface area contributed by atoms with Crippen molar-refractivity contribution in [2.75, 3.05) is 19.6 Å². The molecule has 1 aliphatic rings. The lowest BCUT2D eigenvalue weighted by Crippen LogP contribution is -2.58. The largest absolute Gasteiger partial charge is 0.333 e. The summed E-state index contributed by atoms with van der Waals surface area (Å²) < 4.78 is 0. The van der Waals surface area contributed by atoms with Gasteiger partial charge in [0.2, 0.25) is 0 Å². The number of amides is 1. The molecule has 0 unspecified atom stereocenters. The first-order chi connectivity index (χ1) is 8.13. The molecule has 1 saturated heterocycles. The number of hydrogen-bond acceptors (Lipinski definition) is 2. The molecule has 17 heavy (non-hydrogen) atoms. The van der Waals surface area contributed by atoms with Crippen LogP contribution in [-0.4, -0.2) is 36.5 Å². The van der Waals surface area contributed by atoms with Crippen LogP contribution in [0.1, 0.15) is 22.8 Å². The molecule has 0 bridgehead atoms. The van der Waals surface area contributed by atoms with Crippen LogP contribution < -0.4 is 5.32 Å². The maximum Gasteiger partial charge on any atom is 0.255 e. The SMILES string of the molecule is CCN(C(=O)c1ccc(C)cc1Cl)C1CNC1. The summed E-state index contributed by atoms with van der Waals surface area (Å²) in [5.41, 5.74) is 1.67. The van der Waals surface area contributed by atoms with Crippen LogP contribution in [0, 0.1) is 6.92 Å². The summed E-state index contributed by atoms with van der Waals surface area (Å²) in [6, 6.07) is 5.88. The molecule has 0 aromatic heterocycles. The number of halogens is 1. The molecule has 3 nitrogen and oxygen atoms in total. The predicted molar refractivity (Wildman–Crippen MR) is 69.6 cm³/mol. The van der Waals surface area contributed by atoms with Gasteiger partial charge in [-0.3, -0.25) is 4.79 Å². The Balaban J connectivity index is 2.22. The first-order valence-electron chi connectivity index (χ1n) is 5.91. The van der Waals surface area contributed by atoms with Crippen molar-refractivity contribution in [3.05, 3.63) is 34.3 Å². The Kier molecular flexibility index (Phi) is 3.69. The van der Waals surface area contributed by atoms with Crippen LogP contribution in [0.5, 0.6) is 0 Å². The summed E-state index contributed by atoms with van der Waals surface area (Å²) in [5, 5.41) is 3.72. The van der Waals surface area contributed by atoms with Gasteiger partial charge in [0.05, 0.1) is 16.6 Å². The molecule has 4 heteroatoms. The predicted octanol–water partition coefficient (Wildman–Crippen LogP) is 2.08. The van der Waals surface area contributed by atoms with E-state index in [-0.39, 0.29) is 5.91 Å². The normalized spacial score (nSPS) is 15.5. The molecular weight excluding hydrogens is 236 g/mol. The smallest absolute Gasteiger partial charge is 0.255 e. The Hall–Kier alpha value is -1.06. The molecule has 2 rings (SSSR count). The van der Waals surface area contributed by atoms with Crippen molar-refractivity contribution in [2.45, 2.75) is 19.9 Å². The summed E-state index contributed by atoms with van der Waals surface area (Å²) in [6.07, 6.45) is 0. The van der Waals surface area contributed by atoms with Gasteiger partial charge in [-0.05, 0) is 31.5 Å². The van der Waals surface area contributed by atoms with Crippen molar-refractivity contribution in [2.24, 2.45) is 0 Å². The van der Waals surface area contributed by atoms with E-state index >= 15 is 0 Å². The molecule has 1 N–H and O–H groups in total. The first kappa shape index (κ1) is 12.4. The zero-order valence-electron chi connectivity index (χ0n) is 10.2. The van der Waals surface area contributed by atoms with Crippen LogP contribution in [0.3, 0.4) is 0 Å². The molecule has 0 aliphatic carbocycles. The van der Waals surface area contributed by atoms with E-state index in [0.717, 1.165) is 25.2 Å². The highest BCUT2D eigenvalue weighted by atomic mass is 35.5. The molecule has 0 spiro atoms. The first-order valence-corrected chi connectivity index (χ1v) is 6.29. The van der Waals surface area contributed by atoms with E-state index in [4.69, 9.17) is 11.6 Å². The number of aryl methyl sites for hydroxylation is 1. The maximum atomic E-state index is 12.4. The van der Waals surface area contributed by atoms with Gasteiger partial charge in [0.1, 0.15) is 0 Å². The Bertz CT molecular complexity index is 429. The molecule has 0 radical (unpaired) electrons. The second kappa shape index (κ2) is 5.07. The maximum absolute atomic E-state index is 12.4. The van der Waals surface area contributed by atoms with E-state index < -0.39 is 0 Å². The minimum absolute atomic E-state index is 0.0315. The monoisotopic (exact) mass is 252 g/mol. The quantitative estimate of drug-likeness (QED) is 0.894. The molecular formula is C13H17ClN2O. The van der Waals surface area contributed by atoms with E-state index in [2.05, 4.69) is 5.32 Å². The third kappa shape index (κ3) is 2.45. The van der Waals surface area contributed by atoms with Crippen LogP contribution in [0.15, 0.2) is 18.2 Å². The molecule has 0 saturated carbocycles. The van der Waals surface area contributed by atoms with Crippen LogP contribution in [0.4, 0.5) is 0 Å². The summed E-state index contributed by atoms with van der Waals surface area (Å²) >= 11 is 6.13. The van der Waals surface area contributed by atoms with E-state index in [1.54, 1.807) is 0 Å². The summed E-state index contributed by atoms with van der Waals surface area (Å²) in [6.45, 7) is 6.44. The van der Waals surface area contributed by atoms with Crippen molar-refractivity contribution < 1.29 is 4.79 Å². The lowest BCUT2D eigenvalue weighted by atomic mass is 10.1. The van der Waals surface area contributed by atoms with Gasteiger partial charge < -0.3 is 10.2 Å². The Morgan fingerprint density at radius 1 is 1.53 bits per heavy atom. The number of benzene rings is 1. The molecule has 1 aromatic rings. The Morgan fingerprint density at radius 3 is 2.71 bits per heavy atom.